The van der Waals surface area contributed by atoms with E-state index < -0.39 is 6.10 Å². The maximum Gasteiger partial charge on any atom is 0.284 e. The zero-order valence-corrected chi connectivity index (χ0v) is 13.1. The third kappa shape index (κ3) is 3.28. The highest BCUT2D eigenvalue weighted by molar-refractivity contribution is 9.10. The van der Waals surface area contributed by atoms with Gasteiger partial charge in [0, 0.05) is 10.0 Å². The Morgan fingerprint density at radius 1 is 1.18 bits per heavy atom. The Kier molecular flexibility index (Phi) is 4.39. The second kappa shape index (κ2) is 6.62. The molecule has 0 radical (unpaired) electrons. The van der Waals surface area contributed by atoms with Gasteiger partial charge in [0.25, 0.3) is 5.91 Å². The molecule has 0 aliphatic carbocycles. The van der Waals surface area contributed by atoms with Gasteiger partial charge in [0.05, 0.1) is 6.21 Å². The molecule has 0 saturated heterocycles. The number of halogens is 1. The van der Waals surface area contributed by atoms with Crippen LogP contribution in [0.5, 0.6) is 11.5 Å². The molecule has 6 heteroatoms. The first-order valence-corrected chi connectivity index (χ1v) is 7.49. The van der Waals surface area contributed by atoms with E-state index in [1.54, 1.807) is 18.3 Å². The molecular formula is C16H13BrN2O3. The number of hydrogen-bond acceptors (Lipinski definition) is 4. The molecule has 0 saturated carbocycles. The van der Waals surface area contributed by atoms with Crippen molar-refractivity contribution in [2.45, 2.75) is 6.10 Å². The summed E-state index contributed by atoms with van der Waals surface area (Å²) in [7, 11) is 0. The summed E-state index contributed by atoms with van der Waals surface area (Å²) in [5.41, 5.74) is 3.33. The van der Waals surface area contributed by atoms with Gasteiger partial charge in [-0.05, 0) is 18.2 Å². The summed E-state index contributed by atoms with van der Waals surface area (Å²) in [5.74, 6) is 0.852. The smallest absolute Gasteiger partial charge is 0.284 e. The van der Waals surface area contributed by atoms with Crippen LogP contribution in [-0.4, -0.2) is 24.8 Å². The van der Waals surface area contributed by atoms with Crippen molar-refractivity contribution in [3.05, 3.63) is 58.6 Å². The van der Waals surface area contributed by atoms with Crippen LogP contribution in [0.3, 0.4) is 0 Å². The largest absolute Gasteiger partial charge is 0.485 e. The number of carbonyl (C=O) groups is 1. The molecule has 1 N–H and O–H groups in total. The topological polar surface area (TPSA) is 59.9 Å². The van der Waals surface area contributed by atoms with E-state index in [0.717, 1.165) is 10.0 Å². The Labute approximate surface area is 136 Å². The molecule has 22 heavy (non-hydrogen) atoms. The molecule has 1 aliphatic heterocycles. The van der Waals surface area contributed by atoms with Crippen LogP contribution in [0.15, 0.2) is 58.1 Å². The van der Waals surface area contributed by atoms with Gasteiger partial charge >= 0.3 is 0 Å². The minimum atomic E-state index is -0.716. The summed E-state index contributed by atoms with van der Waals surface area (Å²) in [6.07, 6.45) is 0.853. The van der Waals surface area contributed by atoms with Gasteiger partial charge in [-0.1, -0.05) is 46.3 Å². The van der Waals surface area contributed by atoms with Gasteiger partial charge in [0.15, 0.2) is 11.5 Å². The quantitative estimate of drug-likeness (QED) is 0.676. The summed E-state index contributed by atoms with van der Waals surface area (Å²) in [5, 5.41) is 3.94. The van der Waals surface area contributed by atoms with Gasteiger partial charge in [0.2, 0.25) is 6.10 Å². The molecule has 0 bridgehead atoms. The lowest BCUT2D eigenvalue weighted by Crippen LogP contribution is -2.42. The van der Waals surface area contributed by atoms with E-state index in [-0.39, 0.29) is 12.5 Å². The van der Waals surface area contributed by atoms with Crippen LogP contribution < -0.4 is 14.9 Å². The average molecular weight is 361 g/mol. The number of nitrogens with zero attached hydrogens (tertiary/aromatic N) is 1. The summed E-state index contributed by atoms with van der Waals surface area (Å²) >= 11 is 3.41. The highest BCUT2D eigenvalue weighted by Crippen LogP contribution is 2.30. The molecule has 112 valence electrons. The Hall–Kier alpha value is -2.34. The standard InChI is InChI=1S/C16H13BrN2O3/c17-12-6-2-1-5-11(12)9-18-19-16(20)15-10-21-13-7-3-4-8-14(13)22-15/h1-9,15H,10H2,(H,19,20)/b18-9-/t15-/m0/s1. The number of rotatable bonds is 3. The monoisotopic (exact) mass is 360 g/mol. The van der Waals surface area contributed by atoms with Crippen molar-refractivity contribution in [2.24, 2.45) is 5.10 Å². The highest BCUT2D eigenvalue weighted by Gasteiger charge is 2.26. The Bertz CT molecular complexity index is 718. The molecule has 5 nitrogen and oxygen atoms in total. The number of nitrogens with one attached hydrogen (secondary N) is 1. The van der Waals surface area contributed by atoms with E-state index >= 15 is 0 Å². The number of fused-ring (bicyclic) bond motifs is 1. The number of amides is 1. The first-order valence-electron chi connectivity index (χ1n) is 6.70. The molecule has 3 rings (SSSR count). The van der Waals surface area contributed by atoms with Crippen LogP contribution in [-0.2, 0) is 4.79 Å². The summed E-state index contributed by atoms with van der Waals surface area (Å²) < 4.78 is 12.0. The van der Waals surface area contributed by atoms with Crippen LogP contribution >= 0.6 is 15.9 Å². The van der Waals surface area contributed by atoms with Crippen LogP contribution in [0, 0.1) is 0 Å². The molecule has 1 heterocycles. The lowest BCUT2D eigenvalue weighted by Gasteiger charge is -2.24. The lowest BCUT2D eigenvalue weighted by atomic mass is 10.2. The van der Waals surface area contributed by atoms with Crippen molar-refractivity contribution in [1.82, 2.24) is 5.43 Å². The highest BCUT2D eigenvalue weighted by atomic mass is 79.9. The van der Waals surface area contributed by atoms with Gasteiger partial charge in [-0.3, -0.25) is 4.79 Å². The van der Waals surface area contributed by atoms with Crippen molar-refractivity contribution in [3.63, 3.8) is 0 Å². The number of hydrogen-bond donors (Lipinski definition) is 1. The van der Waals surface area contributed by atoms with Crippen molar-refractivity contribution >= 4 is 28.1 Å². The van der Waals surface area contributed by atoms with E-state index in [0.29, 0.717) is 11.5 Å². The third-order valence-corrected chi connectivity index (χ3v) is 3.81. The van der Waals surface area contributed by atoms with Crippen LogP contribution in [0.4, 0.5) is 0 Å². The molecule has 1 amide bonds. The number of hydrazone groups is 1. The summed E-state index contributed by atoms with van der Waals surface area (Å²) in [6, 6.07) is 14.8. The normalized spacial score (nSPS) is 16.5. The fourth-order valence-electron chi connectivity index (χ4n) is 1.97. The summed E-state index contributed by atoms with van der Waals surface area (Å²) in [4.78, 5) is 12.0. The number of ether oxygens (including phenoxy) is 2. The molecule has 1 aliphatic rings. The van der Waals surface area contributed by atoms with E-state index in [1.165, 1.54) is 0 Å². The van der Waals surface area contributed by atoms with Crippen molar-refractivity contribution in [3.8, 4) is 11.5 Å². The van der Waals surface area contributed by atoms with Crippen LogP contribution in [0.25, 0.3) is 0 Å². The van der Waals surface area contributed by atoms with E-state index in [9.17, 15) is 4.79 Å². The van der Waals surface area contributed by atoms with Gasteiger partial charge < -0.3 is 9.47 Å². The Balaban J connectivity index is 1.60. The zero-order valence-electron chi connectivity index (χ0n) is 11.5. The lowest BCUT2D eigenvalue weighted by molar-refractivity contribution is -0.130. The second-order valence-electron chi connectivity index (χ2n) is 4.62. The van der Waals surface area contributed by atoms with Crippen molar-refractivity contribution < 1.29 is 14.3 Å². The average Bonchev–Trinajstić information content (AvgIpc) is 2.56. The number of para-hydroxylation sites is 2. The Morgan fingerprint density at radius 3 is 2.73 bits per heavy atom. The van der Waals surface area contributed by atoms with E-state index in [1.807, 2.05) is 36.4 Å². The van der Waals surface area contributed by atoms with Crippen LogP contribution in [0.2, 0.25) is 0 Å². The van der Waals surface area contributed by atoms with Crippen molar-refractivity contribution in [2.75, 3.05) is 6.61 Å². The maximum atomic E-state index is 12.0. The first kappa shape index (κ1) is 14.6. The fraction of sp³-hybridized carbons (Fsp3) is 0.125. The minimum Gasteiger partial charge on any atom is -0.485 e. The minimum absolute atomic E-state index is 0.160. The van der Waals surface area contributed by atoms with E-state index in [4.69, 9.17) is 9.47 Å². The maximum absolute atomic E-state index is 12.0. The van der Waals surface area contributed by atoms with Gasteiger partial charge in [-0.25, -0.2) is 5.43 Å². The predicted molar refractivity (Wildman–Crippen MR) is 86.2 cm³/mol. The number of carbonyl (C=O) groups excluding carboxylic acids is 1. The molecule has 2 aromatic carbocycles. The zero-order chi connectivity index (χ0) is 15.4. The van der Waals surface area contributed by atoms with Gasteiger partial charge in [-0.15, -0.1) is 0 Å². The molecule has 0 fully saturated rings. The van der Waals surface area contributed by atoms with Crippen molar-refractivity contribution in [1.29, 1.82) is 0 Å². The van der Waals surface area contributed by atoms with Crippen LogP contribution in [0.1, 0.15) is 5.56 Å². The van der Waals surface area contributed by atoms with E-state index in [2.05, 4.69) is 26.5 Å². The fourth-order valence-corrected chi connectivity index (χ4v) is 2.35. The third-order valence-electron chi connectivity index (χ3n) is 3.08. The van der Waals surface area contributed by atoms with Gasteiger partial charge in [-0.2, -0.15) is 5.10 Å². The SMILES string of the molecule is O=C(N/N=C\c1ccccc1Br)[C@@H]1COc2ccccc2O1. The molecular weight excluding hydrogens is 348 g/mol. The molecule has 2 aromatic rings. The molecule has 0 aromatic heterocycles. The molecule has 1 atom stereocenters. The number of benzene rings is 2. The Morgan fingerprint density at radius 2 is 1.91 bits per heavy atom. The molecule has 0 spiro atoms. The predicted octanol–water partition coefficient (Wildman–Crippen LogP) is 2.74. The first-order chi connectivity index (χ1) is 10.7. The summed E-state index contributed by atoms with van der Waals surface area (Å²) in [6.45, 7) is 0.160. The second-order valence-corrected chi connectivity index (χ2v) is 5.47. The van der Waals surface area contributed by atoms with Gasteiger partial charge in [0.1, 0.15) is 6.61 Å². The molecule has 0 unspecified atom stereocenters.